The van der Waals surface area contributed by atoms with E-state index in [1.165, 1.54) is 30.5 Å². The number of aliphatic hydroxyl groups is 1. The minimum Gasteiger partial charge on any atom is -0.419 e. The summed E-state index contributed by atoms with van der Waals surface area (Å²) in [5, 5.41) is 28.6. The molecule has 11 heteroatoms. The number of nitrogens with zero attached hydrogens (tertiary/aromatic N) is 2. The summed E-state index contributed by atoms with van der Waals surface area (Å²) in [6.07, 6.45) is 1.57. The van der Waals surface area contributed by atoms with Gasteiger partial charge in [0.1, 0.15) is 11.5 Å². The molecule has 2 aromatic carbocycles. The van der Waals surface area contributed by atoms with E-state index in [1.54, 1.807) is 52.9 Å². The van der Waals surface area contributed by atoms with Crippen LogP contribution in [0.5, 0.6) is 0 Å². The number of hydrogen-bond donors (Lipinski definition) is 4. The van der Waals surface area contributed by atoms with Crippen LogP contribution >= 0.6 is 0 Å². The standard InChI is InChI=1S/C27H32FN5O4S/c1-16(13-27(3,4)34)38(35,36)20-9-7-19(8-10-20)23-15-32-17(2)24(33-23)26(30)37-25(29)21-11-6-18(14-31-5)12-22(21)28/h6-12,15-16,29-31,34H,13-14H2,1-5H3. The van der Waals surface area contributed by atoms with Gasteiger partial charge in [-0.3, -0.25) is 15.8 Å². The molecule has 0 radical (unpaired) electrons. The maximum absolute atomic E-state index is 14.5. The molecule has 202 valence electrons. The van der Waals surface area contributed by atoms with Crippen LogP contribution in [0.15, 0.2) is 53.6 Å². The lowest BCUT2D eigenvalue weighted by molar-refractivity contribution is 0.0710. The summed E-state index contributed by atoms with van der Waals surface area (Å²) in [7, 11) is -1.91. The van der Waals surface area contributed by atoms with Crippen molar-refractivity contribution < 1.29 is 22.7 Å². The highest BCUT2D eigenvalue weighted by Crippen LogP contribution is 2.26. The smallest absolute Gasteiger partial charge is 0.241 e. The fourth-order valence-electron chi connectivity index (χ4n) is 3.93. The molecule has 1 aromatic heterocycles. The van der Waals surface area contributed by atoms with Crippen LogP contribution in [0.2, 0.25) is 0 Å². The van der Waals surface area contributed by atoms with E-state index in [0.29, 0.717) is 29.1 Å². The summed E-state index contributed by atoms with van der Waals surface area (Å²) in [5.41, 5.74) is 0.850. The second-order valence-electron chi connectivity index (χ2n) is 9.69. The second-order valence-corrected chi connectivity index (χ2v) is 12.1. The Morgan fingerprint density at radius 1 is 1.16 bits per heavy atom. The van der Waals surface area contributed by atoms with Crippen LogP contribution in [0.25, 0.3) is 11.3 Å². The molecular weight excluding hydrogens is 509 g/mol. The molecule has 3 rings (SSSR count). The van der Waals surface area contributed by atoms with Gasteiger partial charge in [-0.05, 0) is 71.0 Å². The van der Waals surface area contributed by atoms with E-state index in [2.05, 4.69) is 15.3 Å². The zero-order valence-corrected chi connectivity index (χ0v) is 22.8. The maximum Gasteiger partial charge on any atom is 0.241 e. The SMILES string of the molecule is CNCc1ccc(C(=N)OC(=N)c2nc(-c3ccc(S(=O)(=O)C(C)CC(C)(C)O)cc3)cnc2C)c(F)c1. The average molecular weight is 542 g/mol. The van der Waals surface area contributed by atoms with E-state index in [1.807, 2.05) is 0 Å². The minimum absolute atomic E-state index is 0.0648. The fraction of sp³-hybridized carbons (Fsp3) is 0.333. The summed E-state index contributed by atoms with van der Waals surface area (Å²) in [6, 6.07) is 10.5. The Bertz CT molecular complexity index is 1450. The van der Waals surface area contributed by atoms with Crippen LogP contribution in [0.1, 0.15) is 49.7 Å². The van der Waals surface area contributed by atoms with Crippen LogP contribution in [0.4, 0.5) is 4.39 Å². The summed E-state index contributed by atoms with van der Waals surface area (Å²) < 4.78 is 45.6. The topological polar surface area (TPSA) is 149 Å². The maximum atomic E-state index is 14.5. The summed E-state index contributed by atoms with van der Waals surface area (Å²) in [4.78, 5) is 8.81. The van der Waals surface area contributed by atoms with Crippen molar-refractivity contribution in [2.45, 2.75) is 56.4 Å². The van der Waals surface area contributed by atoms with Crippen molar-refractivity contribution in [1.29, 1.82) is 10.8 Å². The highest BCUT2D eigenvalue weighted by molar-refractivity contribution is 7.92. The van der Waals surface area contributed by atoms with Crippen molar-refractivity contribution in [1.82, 2.24) is 15.3 Å². The monoisotopic (exact) mass is 541 g/mol. The molecule has 0 aliphatic heterocycles. The van der Waals surface area contributed by atoms with Crippen molar-refractivity contribution in [3.05, 3.63) is 77.0 Å². The normalized spacial score (nSPS) is 12.7. The highest BCUT2D eigenvalue weighted by atomic mass is 32.2. The number of ether oxygens (including phenoxy) is 1. The third-order valence-corrected chi connectivity index (χ3v) is 7.98. The predicted molar refractivity (Wildman–Crippen MR) is 144 cm³/mol. The van der Waals surface area contributed by atoms with Gasteiger partial charge in [0.2, 0.25) is 11.8 Å². The fourth-order valence-corrected chi connectivity index (χ4v) is 5.53. The zero-order chi connectivity index (χ0) is 28.3. The Balaban J connectivity index is 1.81. The number of hydrogen-bond acceptors (Lipinski definition) is 9. The van der Waals surface area contributed by atoms with Gasteiger partial charge in [-0.25, -0.2) is 17.8 Å². The van der Waals surface area contributed by atoms with Crippen molar-refractivity contribution >= 4 is 21.6 Å². The third-order valence-electron chi connectivity index (χ3n) is 5.83. The molecule has 9 nitrogen and oxygen atoms in total. The van der Waals surface area contributed by atoms with Crippen molar-refractivity contribution in [3.63, 3.8) is 0 Å². The van der Waals surface area contributed by atoms with Gasteiger partial charge < -0.3 is 15.2 Å². The van der Waals surface area contributed by atoms with Crippen molar-refractivity contribution in [2.24, 2.45) is 0 Å². The van der Waals surface area contributed by atoms with E-state index in [0.717, 1.165) is 0 Å². The number of benzene rings is 2. The lowest BCUT2D eigenvalue weighted by Crippen LogP contribution is -2.29. The molecule has 0 fully saturated rings. The highest BCUT2D eigenvalue weighted by Gasteiger charge is 2.29. The van der Waals surface area contributed by atoms with Crippen LogP contribution < -0.4 is 5.32 Å². The van der Waals surface area contributed by atoms with Crippen molar-refractivity contribution in [3.8, 4) is 11.3 Å². The Morgan fingerprint density at radius 2 is 1.82 bits per heavy atom. The van der Waals surface area contributed by atoms with Gasteiger partial charge in [0.15, 0.2) is 9.84 Å². The second kappa shape index (κ2) is 11.5. The first kappa shape index (κ1) is 29.0. The zero-order valence-electron chi connectivity index (χ0n) is 22.0. The molecule has 3 aromatic rings. The van der Waals surface area contributed by atoms with Crippen LogP contribution in [-0.4, -0.2) is 53.2 Å². The Labute approximate surface area is 222 Å². The lowest BCUT2D eigenvalue weighted by Gasteiger charge is -2.22. The van der Waals surface area contributed by atoms with E-state index in [-0.39, 0.29) is 22.6 Å². The molecule has 0 amide bonds. The van der Waals surface area contributed by atoms with Gasteiger partial charge in [-0.1, -0.05) is 18.2 Å². The first-order valence-corrected chi connectivity index (χ1v) is 13.5. The molecule has 0 spiro atoms. The first-order valence-electron chi connectivity index (χ1n) is 11.9. The van der Waals surface area contributed by atoms with Gasteiger partial charge in [-0.15, -0.1) is 0 Å². The van der Waals surface area contributed by atoms with Crippen molar-refractivity contribution in [2.75, 3.05) is 7.05 Å². The van der Waals surface area contributed by atoms with E-state index >= 15 is 0 Å². The summed E-state index contributed by atoms with van der Waals surface area (Å²) in [5.74, 6) is -1.65. The molecule has 0 bridgehead atoms. The quantitative estimate of drug-likeness (QED) is 0.236. The van der Waals surface area contributed by atoms with Crippen LogP contribution in [0.3, 0.4) is 0 Å². The van der Waals surface area contributed by atoms with Gasteiger partial charge in [0, 0.05) is 12.1 Å². The number of aryl methyl sites for hydroxylation is 1. The van der Waals surface area contributed by atoms with Gasteiger partial charge >= 0.3 is 0 Å². The Morgan fingerprint density at radius 3 is 2.39 bits per heavy atom. The van der Waals surface area contributed by atoms with Gasteiger partial charge in [0.25, 0.3) is 0 Å². The van der Waals surface area contributed by atoms with Crippen LogP contribution in [0, 0.1) is 23.6 Å². The summed E-state index contributed by atoms with van der Waals surface area (Å²) in [6.45, 7) is 6.78. The van der Waals surface area contributed by atoms with E-state index < -0.39 is 38.3 Å². The van der Waals surface area contributed by atoms with E-state index in [4.69, 9.17) is 15.6 Å². The molecule has 1 atom stereocenters. The molecule has 38 heavy (non-hydrogen) atoms. The molecular formula is C27H32FN5O4S. The number of halogens is 1. The molecule has 4 N–H and O–H groups in total. The number of rotatable bonds is 9. The van der Waals surface area contributed by atoms with E-state index in [9.17, 15) is 17.9 Å². The molecule has 0 aliphatic rings. The Kier molecular flexibility index (Phi) is 8.75. The summed E-state index contributed by atoms with van der Waals surface area (Å²) >= 11 is 0. The lowest BCUT2D eigenvalue weighted by atomic mass is 10.0. The number of aromatic nitrogens is 2. The number of sulfone groups is 1. The third kappa shape index (κ3) is 6.85. The molecule has 0 saturated carbocycles. The molecule has 1 unspecified atom stereocenters. The average Bonchev–Trinajstić information content (AvgIpc) is 2.83. The van der Waals surface area contributed by atoms with Crippen LogP contribution in [-0.2, 0) is 21.1 Å². The number of nitrogens with one attached hydrogen (secondary N) is 3. The molecule has 0 aliphatic carbocycles. The Hall–Kier alpha value is -3.54. The molecule has 1 heterocycles. The first-order chi connectivity index (χ1) is 17.7. The van der Waals surface area contributed by atoms with Gasteiger partial charge in [-0.2, -0.15) is 0 Å². The molecule has 0 saturated heterocycles. The predicted octanol–water partition coefficient (Wildman–Crippen LogP) is 4.00. The minimum atomic E-state index is -3.66. The largest absolute Gasteiger partial charge is 0.419 e. The van der Waals surface area contributed by atoms with Gasteiger partial charge in [0.05, 0.1) is 38.9 Å².